The zero-order valence-corrected chi connectivity index (χ0v) is 4.51. The Hall–Kier alpha value is -1.57. The van der Waals surface area contributed by atoms with Crippen molar-refractivity contribution >= 4 is 11.9 Å². The third-order valence-electron chi connectivity index (χ3n) is 0.813. The minimum atomic E-state index is -0.187. The lowest BCUT2D eigenvalue weighted by molar-refractivity contribution is -0.117. The number of amides is 1. The van der Waals surface area contributed by atoms with Crippen LogP contribution in [0.1, 0.15) is 0 Å². The first-order valence-electron chi connectivity index (χ1n) is 2.32. The average Bonchev–Trinajstić information content (AvgIpc) is 2.17. The molecule has 0 spiro atoms. The fourth-order valence-corrected chi connectivity index (χ4v) is 0.486. The van der Waals surface area contributed by atoms with Crippen molar-refractivity contribution in [2.75, 3.05) is 6.54 Å². The van der Waals surface area contributed by atoms with Crippen molar-refractivity contribution in [3.05, 3.63) is 0 Å². The van der Waals surface area contributed by atoms with Gasteiger partial charge in [0.15, 0.2) is 6.19 Å². The molecule has 0 unspecified atom stereocenters. The molecule has 1 amide bonds. The summed E-state index contributed by atoms with van der Waals surface area (Å²) in [6.07, 6.45) is 1.63. The zero-order chi connectivity index (χ0) is 6.69. The van der Waals surface area contributed by atoms with E-state index in [1.807, 2.05) is 0 Å². The van der Waals surface area contributed by atoms with E-state index in [1.54, 1.807) is 6.19 Å². The molecule has 1 heterocycles. The molecule has 0 aliphatic carbocycles. The third-order valence-corrected chi connectivity index (χ3v) is 0.813. The largest absolute Gasteiger partial charge is 0.294 e. The summed E-state index contributed by atoms with van der Waals surface area (Å²) in [6, 6.07) is 0. The SMILES string of the molecule is N#CNC1=NCC(=O)N1. The van der Waals surface area contributed by atoms with Crippen LogP contribution in [-0.2, 0) is 4.79 Å². The number of carbonyl (C=O) groups is 1. The van der Waals surface area contributed by atoms with Gasteiger partial charge in [0, 0.05) is 0 Å². The molecule has 2 N–H and O–H groups in total. The van der Waals surface area contributed by atoms with Crippen LogP contribution in [0.25, 0.3) is 0 Å². The van der Waals surface area contributed by atoms with Crippen molar-refractivity contribution < 1.29 is 4.79 Å². The molecule has 0 aromatic carbocycles. The molecule has 1 aliphatic rings. The number of rotatable bonds is 0. The number of nitriles is 1. The fraction of sp³-hybridized carbons (Fsp3) is 0.250. The van der Waals surface area contributed by atoms with E-state index in [4.69, 9.17) is 5.26 Å². The Balaban J connectivity index is 2.47. The number of nitrogens with one attached hydrogen (secondary N) is 2. The quantitative estimate of drug-likeness (QED) is 0.306. The van der Waals surface area contributed by atoms with E-state index in [9.17, 15) is 4.79 Å². The molecule has 0 radical (unpaired) electrons. The van der Waals surface area contributed by atoms with Crippen LogP contribution >= 0.6 is 0 Å². The van der Waals surface area contributed by atoms with Gasteiger partial charge in [0.25, 0.3) is 0 Å². The van der Waals surface area contributed by atoms with Gasteiger partial charge in [-0.2, -0.15) is 5.26 Å². The second-order valence-electron chi connectivity index (χ2n) is 1.45. The Labute approximate surface area is 51.4 Å². The van der Waals surface area contributed by atoms with Gasteiger partial charge < -0.3 is 0 Å². The number of aliphatic imine (C=N–C) groups is 1. The molecule has 9 heavy (non-hydrogen) atoms. The third kappa shape index (κ3) is 1.16. The topological polar surface area (TPSA) is 77.3 Å². The molecule has 0 aromatic heterocycles. The molecule has 0 atom stereocenters. The maximum absolute atomic E-state index is 10.4. The van der Waals surface area contributed by atoms with Gasteiger partial charge in [-0.15, -0.1) is 0 Å². The lowest BCUT2D eigenvalue weighted by Crippen LogP contribution is -2.33. The summed E-state index contributed by atoms with van der Waals surface area (Å²) in [7, 11) is 0. The van der Waals surface area contributed by atoms with Gasteiger partial charge in [-0.1, -0.05) is 0 Å². The molecule has 0 aromatic rings. The fourth-order valence-electron chi connectivity index (χ4n) is 0.486. The number of hydrogen-bond acceptors (Lipinski definition) is 4. The van der Waals surface area contributed by atoms with Gasteiger partial charge in [-0.25, -0.2) is 4.99 Å². The van der Waals surface area contributed by atoms with E-state index in [-0.39, 0.29) is 18.4 Å². The summed E-state index contributed by atoms with van der Waals surface area (Å²) >= 11 is 0. The highest BCUT2D eigenvalue weighted by atomic mass is 16.2. The van der Waals surface area contributed by atoms with E-state index in [0.717, 1.165) is 0 Å². The maximum Gasteiger partial charge on any atom is 0.248 e. The molecule has 5 heteroatoms. The monoisotopic (exact) mass is 124 g/mol. The Morgan fingerprint density at radius 2 is 2.67 bits per heavy atom. The number of hydrogen-bond donors (Lipinski definition) is 2. The van der Waals surface area contributed by atoms with Crippen molar-refractivity contribution in [2.45, 2.75) is 0 Å². The van der Waals surface area contributed by atoms with Crippen LogP contribution in [0, 0.1) is 11.5 Å². The molecule has 1 rings (SSSR count). The second kappa shape index (κ2) is 2.13. The standard InChI is InChI=1S/C4H4N4O/c5-2-7-4-6-1-3(9)8-4/h1H2,(H2,6,7,8,9). The van der Waals surface area contributed by atoms with E-state index in [1.165, 1.54) is 0 Å². The van der Waals surface area contributed by atoms with Crippen LogP contribution in [0.4, 0.5) is 0 Å². The van der Waals surface area contributed by atoms with Crippen molar-refractivity contribution in [3.63, 3.8) is 0 Å². The van der Waals surface area contributed by atoms with E-state index < -0.39 is 0 Å². The normalized spacial score (nSPS) is 15.9. The predicted octanol–water partition coefficient (Wildman–Crippen LogP) is -1.46. The molecule has 0 saturated heterocycles. The predicted molar refractivity (Wildman–Crippen MR) is 29.2 cm³/mol. The molecule has 1 aliphatic heterocycles. The Kier molecular flexibility index (Phi) is 1.32. The van der Waals surface area contributed by atoms with Crippen LogP contribution in [0.5, 0.6) is 0 Å². The smallest absolute Gasteiger partial charge is 0.248 e. The van der Waals surface area contributed by atoms with E-state index >= 15 is 0 Å². The lowest BCUT2D eigenvalue weighted by atomic mass is 10.7. The molecule has 0 saturated carbocycles. The van der Waals surface area contributed by atoms with Gasteiger partial charge in [-0.05, 0) is 0 Å². The first-order valence-corrected chi connectivity index (χ1v) is 2.32. The highest BCUT2D eigenvalue weighted by Crippen LogP contribution is 1.81. The first-order chi connectivity index (χ1) is 4.33. The summed E-state index contributed by atoms with van der Waals surface area (Å²) in [5.74, 6) is 0.0512. The van der Waals surface area contributed by atoms with Gasteiger partial charge in [0.2, 0.25) is 11.9 Å². The van der Waals surface area contributed by atoms with Crippen LogP contribution in [-0.4, -0.2) is 18.4 Å². The van der Waals surface area contributed by atoms with Crippen molar-refractivity contribution in [1.82, 2.24) is 10.6 Å². The molecular weight excluding hydrogens is 120 g/mol. The number of guanidine groups is 1. The van der Waals surface area contributed by atoms with E-state index in [2.05, 4.69) is 15.6 Å². The number of carbonyl (C=O) groups excluding carboxylic acids is 1. The molecule has 5 nitrogen and oxygen atoms in total. The van der Waals surface area contributed by atoms with E-state index in [0.29, 0.717) is 0 Å². The van der Waals surface area contributed by atoms with Crippen molar-refractivity contribution in [3.8, 4) is 6.19 Å². The summed E-state index contributed by atoms with van der Waals surface area (Å²) < 4.78 is 0. The zero-order valence-electron chi connectivity index (χ0n) is 4.51. The first kappa shape index (κ1) is 5.56. The van der Waals surface area contributed by atoms with Crippen LogP contribution < -0.4 is 10.6 Å². The summed E-state index contributed by atoms with van der Waals surface area (Å²) in [4.78, 5) is 14.0. The van der Waals surface area contributed by atoms with Crippen molar-refractivity contribution in [1.29, 1.82) is 5.26 Å². The second-order valence-corrected chi connectivity index (χ2v) is 1.45. The highest BCUT2D eigenvalue weighted by Gasteiger charge is 2.11. The van der Waals surface area contributed by atoms with Crippen LogP contribution in [0.15, 0.2) is 4.99 Å². The molecule has 0 bridgehead atoms. The maximum atomic E-state index is 10.4. The summed E-state index contributed by atoms with van der Waals surface area (Å²) in [5.41, 5.74) is 0. The summed E-state index contributed by atoms with van der Waals surface area (Å²) in [6.45, 7) is 0.115. The van der Waals surface area contributed by atoms with Crippen LogP contribution in [0.3, 0.4) is 0 Å². The van der Waals surface area contributed by atoms with Gasteiger partial charge in [-0.3, -0.25) is 15.4 Å². The van der Waals surface area contributed by atoms with Crippen LogP contribution in [0.2, 0.25) is 0 Å². The molecule has 46 valence electrons. The highest BCUT2D eigenvalue weighted by molar-refractivity contribution is 6.03. The lowest BCUT2D eigenvalue weighted by Gasteiger charge is -1.91. The molecular formula is C4H4N4O. The Morgan fingerprint density at radius 1 is 1.89 bits per heavy atom. The van der Waals surface area contributed by atoms with Gasteiger partial charge in [0.05, 0.1) is 0 Å². The van der Waals surface area contributed by atoms with Gasteiger partial charge in [0.1, 0.15) is 6.54 Å². The Bertz CT molecular complexity index is 201. The number of nitrogens with zero attached hydrogens (tertiary/aromatic N) is 2. The minimum Gasteiger partial charge on any atom is -0.294 e. The summed E-state index contributed by atoms with van der Waals surface area (Å²) in [5, 5.41) is 12.6. The Morgan fingerprint density at radius 3 is 3.11 bits per heavy atom. The molecule has 0 fully saturated rings. The van der Waals surface area contributed by atoms with Gasteiger partial charge >= 0.3 is 0 Å². The minimum absolute atomic E-state index is 0.115. The van der Waals surface area contributed by atoms with Crippen molar-refractivity contribution in [2.24, 2.45) is 4.99 Å². The average molecular weight is 124 g/mol.